The molecule has 0 saturated heterocycles. The lowest BCUT2D eigenvalue weighted by Crippen LogP contribution is -2.24. The van der Waals surface area contributed by atoms with Crippen LogP contribution >= 0.6 is 27.5 Å². The van der Waals surface area contributed by atoms with E-state index in [-0.39, 0.29) is 11.9 Å². The van der Waals surface area contributed by atoms with Crippen LogP contribution in [0.3, 0.4) is 0 Å². The molecule has 2 rings (SSSR count). The Labute approximate surface area is 132 Å². The van der Waals surface area contributed by atoms with Gasteiger partial charge in [-0.15, -0.1) is 0 Å². The van der Waals surface area contributed by atoms with Gasteiger partial charge < -0.3 is 5.32 Å². The first kappa shape index (κ1) is 15.5. The van der Waals surface area contributed by atoms with Gasteiger partial charge in [0.1, 0.15) is 5.82 Å². The van der Waals surface area contributed by atoms with Crippen molar-refractivity contribution in [2.45, 2.75) is 19.4 Å². The zero-order chi connectivity index (χ0) is 14.5. The first-order chi connectivity index (χ1) is 9.65. The second kappa shape index (κ2) is 7.21. The summed E-state index contributed by atoms with van der Waals surface area (Å²) in [5, 5.41) is 4.00. The molecule has 0 aromatic heterocycles. The van der Waals surface area contributed by atoms with Crippen molar-refractivity contribution in [3.8, 4) is 0 Å². The summed E-state index contributed by atoms with van der Waals surface area (Å²) in [6.07, 6.45) is 0.969. The second-order valence-electron chi connectivity index (χ2n) is 4.55. The van der Waals surface area contributed by atoms with Crippen LogP contribution in [0, 0.1) is 5.82 Å². The Balaban J connectivity index is 2.47. The summed E-state index contributed by atoms with van der Waals surface area (Å²) in [4.78, 5) is 0. The molecule has 0 aliphatic carbocycles. The minimum Gasteiger partial charge on any atom is -0.306 e. The topological polar surface area (TPSA) is 12.0 Å². The van der Waals surface area contributed by atoms with Gasteiger partial charge in [-0.25, -0.2) is 4.39 Å². The Kier molecular flexibility index (Phi) is 5.58. The zero-order valence-electron chi connectivity index (χ0n) is 11.2. The van der Waals surface area contributed by atoms with Crippen molar-refractivity contribution in [1.82, 2.24) is 5.32 Å². The van der Waals surface area contributed by atoms with E-state index in [1.165, 1.54) is 0 Å². The number of hydrogen-bond acceptors (Lipinski definition) is 1. The highest BCUT2D eigenvalue weighted by atomic mass is 79.9. The molecule has 20 heavy (non-hydrogen) atoms. The lowest BCUT2D eigenvalue weighted by atomic mass is 9.98. The summed E-state index contributed by atoms with van der Waals surface area (Å²) >= 11 is 9.50. The van der Waals surface area contributed by atoms with Gasteiger partial charge in [-0.3, -0.25) is 0 Å². The van der Waals surface area contributed by atoms with Gasteiger partial charge in [-0.05, 0) is 46.6 Å². The monoisotopic (exact) mass is 355 g/mol. The Morgan fingerprint density at radius 3 is 2.55 bits per heavy atom. The van der Waals surface area contributed by atoms with E-state index in [1.54, 1.807) is 12.1 Å². The summed E-state index contributed by atoms with van der Waals surface area (Å²) < 4.78 is 14.8. The van der Waals surface area contributed by atoms with Gasteiger partial charge in [-0.2, -0.15) is 0 Å². The van der Waals surface area contributed by atoms with Crippen LogP contribution in [0.5, 0.6) is 0 Å². The van der Waals surface area contributed by atoms with Crippen LogP contribution in [-0.4, -0.2) is 6.54 Å². The van der Waals surface area contributed by atoms with Crippen LogP contribution in [0.1, 0.15) is 30.5 Å². The van der Waals surface area contributed by atoms with Crippen molar-refractivity contribution in [3.05, 3.63) is 68.9 Å². The van der Waals surface area contributed by atoms with Gasteiger partial charge in [-0.1, -0.05) is 48.9 Å². The van der Waals surface area contributed by atoms with Gasteiger partial charge in [0.2, 0.25) is 0 Å². The quantitative estimate of drug-likeness (QED) is 0.763. The first-order valence-corrected chi connectivity index (χ1v) is 7.74. The van der Waals surface area contributed by atoms with Crippen molar-refractivity contribution in [2.75, 3.05) is 6.54 Å². The summed E-state index contributed by atoms with van der Waals surface area (Å²) in [5.74, 6) is -0.249. The molecule has 0 saturated carbocycles. The molecule has 2 aromatic carbocycles. The van der Waals surface area contributed by atoms with Crippen molar-refractivity contribution < 1.29 is 4.39 Å². The molecular formula is C16H16BrClFN. The van der Waals surface area contributed by atoms with Crippen molar-refractivity contribution >= 4 is 27.5 Å². The van der Waals surface area contributed by atoms with E-state index in [2.05, 4.69) is 28.2 Å². The first-order valence-electron chi connectivity index (χ1n) is 6.56. The number of rotatable bonds is 5. The molecule has 1 N–H and O–H groups in total. The highest BCUT2D eigenvalue weighted by molar-refractivity contribution is 9.10. The fourth-order valence-electron chi connectivity index (χ4n) is 2.13. The molecule has 0 fully saturated rings. The predicted molar refractivity (Wildman–Crippen MR) is 85.7 cm³/mol. The van der Waals surface area contributed by atoms with Gasteiger partial charge in [0.25, 0.3) is 0 Å². The third-order valence-electron chi connectivity index (χ3n) is 3.11. The van der Waals surface area contributed by atoms with Crippen LogP contribution < -0.4 is 5.32 Å². The maximum Gasteiger partial charge on any atom is 0.142 e. The van der Waals surface area contributed by atoms with E-state index < -0.39 is 0 Å². The minimum atomic E-state index is -0.249. The molecule has 0 amide bonds. The Morgan fingerprint density at radius 1 is 1.15 bits per heavy atom. The standard InChI is InChI=1S/C16H16BrClFN/c1-2-10-20-16(11-6-3-4-9-14(11)18)12-7-5-8-13(17)15(12)19/h3-9,16,20H,2,10H2,1H3. The zero-order valence-corrected chi connectivity index (χ0v) is 13.5. The van der Waals surface area contributed by atoms with Crippen LogP contribution in [0.25, 0.3) is 0 Å². The number of benzene rings is 2. The molecule has 0 bridgehead atoms. The van der Waals surface area contributed by atoms with Gasteiger partial charge >= 0.3 is 0 Å². The maximum atomic E-state index is 14.4. The third kappa shape index (κ3) is 3.40. The van der Waals surface area contributed by atoms with Crippen LogP contribution in [0.15, 0.2) is 46.9 Å². The number of nitrogens with one attached hydrogen (secondary N) is 1. The molecule has 0 heterocycles. The highest BCUT2D eigenvalue weighted by Crippen LogP contribution is 2.32. The predicted octanol–water partition coefficient (Wildman–Crippen LogP) is 5.33. The smallest absolute Gasteiger partial charge is 0.142 e. The largest absolute Gasteiger partial charge is 0.306 e. The Bertz CT molecular complexity index is 588. The molecular weight excluding hydrogens is 341 g/mol. The molecule has 1 atom stereocenters. The van der Waals surface area contributed by atoms with Crippen molar-refractivity contribution in [2.24, 2.45) is 0 Å². The fraction of sp³-hybridized carbons (Fsp3) is 0.250. The maximum absolute atomic E-state index is 14.4. The van der Waals surface area contributed by atoms with Gasteiger partial charge in [0.15, 0.2) is 0 Å². The molecule has 1 unspecified atom stereocenters. The molecule has 2 aromatic rings. The van der Waals surface area contributed by atoms with Crippen molar-refractivity contribution in [1.29, 1.82) is 0 Å². The third-order valence-corrected chi connectivity index (χ3v) is 4.06. The van der Waals surface area contributed by atoms with E-state index in [0.717, 1.165) is 18.5 Å². The normalized spacial score (nSPS) is 12.4. The summed E-state index contributed by atoms with van der Waals surface area (Å²) in [6.45, 7) is 2.87. The summed E-state index contributed by atoms with van der Waals surface area (Å²) in [6, 6.07) is 12.6. The van der Waals surface area contributed by atoms with E-state index >= 15 is 0 Å². The van der Waals surface area contributed by atoms with E-state index in [9.17, 15) is 4.39 Å². The lowest BCUT2D eigenvalue weighted by molar-refractivity contribution is 0.543. The molecule has 0 radical (unpaired) electrons. The SMILES string of the molecule is CCCNC(c1ccccc1Cl)c1cccc(Br)c1F. The van der Waals surface area contributed by atoms with Gasteiger partial charge in [0.05, 0.1) is 10.5 Å². The number of halogens is 3. The van der Waals surface area contributed by atoms with E-state index in [1.807, 2.05) is 30.3 Å². The molecule has 0 aliphatic heterocycles. The van der Waals surface area contributed by atoms with Crippen LogP contribution in [0.2, 0.25) is 5.02 Å². The van der Waals surface area contributed by atoms with Crippen LogP contribution in [-0.2, 0) is 0 Å². The Morgan fingerprint density at radius 2 is 1.85 bits per heavy atom. The number of hydrogen-bond donors (Lipinski definition) is 1. The summed E-state index contributed by atoms with van der Waals surface area (Å²) in [5.41, 5.74) is 1.49. The molecule has 106 valence electrons. The van der Waals surface area contributed by atoms with Crippen molar-refractivity contribution in [3.63, 3.8) is 0 Å². The molecule has 1 nitrogen and oxygen atoms in total. The van der Waals surface area contributed by atoms with Crippen LogP contribution in [0.4, 0.5) is 4.39 Å². The van der Waals surface area contributed by atoms with E-state index in [4.69, 9.17) is 11.6 Å². The highest BCUT2D eigenvalue weighted by Gasteiger charge is 2.20. The minimum absolute atomic E-state index is 0.249. The van der Waals surface area contributed by atoms with E-state index in [0.29, 0.717) is 15.1 Å². The lowest BCUT2D eigenvalue weighted by Gasteiger charge is -2.21. The Hall–Kier alpha value is -0.900. The second-order valence-corrected chi connectivity index (χ2v) is 5.81. The molecule has 4 heteroatoms. The summed E-state index contributed by atoms with van der Waals surface area (Å²) in [7, 11) is 0. The molecule has 0 aliphatic rings. The molecule has 0 spiro atoms. The average molecular weight is 357 g/mol. The van der Waals surface area contributed by atoms with Gasteiger partial charge in [0, 0.05) is 10.6 Å². The fourth-order valence-corrected chi connectivity index (χ4v) is 2.76. The average Bonchev–Trinajstić information content (AvgIpc) is 2.45.